The highest BCUT2D eigenvalue weighted by molar-refractivity contribution is 6.33. The zero-order valence-corrected chi connectivity index (χ0v) is 15.7. The van der Waals surface area contributed by atoms with E-state index >= 15 is 0 Å². The Kier molecular flexibility index (Phi) is 5.08. The highest BCUT2D eigenvalue weighted by Crippen LogP contribution is 2.31. The maximum absolute atomic E-state index is 14.1. The third-order valence-electron chi connectivity index (χ3n) is 4.44. The van der Waals surface area contributed by atoms with Crippen LogP contribution in [0, 0.1) is 18.6 Å². The molecule has 0 saturated carbocycles. The van der Waals surface area contributed by atoms with Gasteiger partial charge in [0.05, 0.1) is 10.7 Å². The van der Waals surface area contributed by atoms with Gasteiger partial charge in [-0.1, -0.05) is 17.7 Å². The van der Waals surface area contributed by atoms with Crippen molar-refractivity contribution in [1.82, 2.24) is 10.2 Å². The van der Waals surface area contributed by atoms with Crippen LogP contribution in [0.25, 0.3) is 0 Å². The van der Waals surface area contributed by atoms with Crippen LogP contribution in [0.1, 0.15) is 18.1 Å². The maximum atomic E-state index is 14.1. The summed E-state index contributed by atoms with van der Waals surface area (Å²) in [5.41, 5.74) is -0.936. The number of amides is 4. The van der Waals surface area contributed by atoms with Crippen molar-refractivity contribution in [1.29, 1.82) is 0 Å². The quantitative estimate of drug-likeness (QED) is 0.763. The van der Waals surface area contributed by atoms with Crippen molar-refractivity contribution in [2.45, 2.75) is 19.4 Å². The number of anilines is 1. The van der Waals surface area contributed by atoms with Crippen LogP contribution in [0.3, 0.4) is 0 Å². The summed E-state index contributed by atoms with van der Waals surface area (Å²) < 4.78 is 27.7. The van der Waals surface area contributed by atoms with Crippen LogP contribution < -0.4 is 10.6 Å². The molecule has 28 heavy (non-hydrogen) atoms. The normalized spacial score (nSPS) is 19.0. The first-order chi connectivity index (χ1) is 13.1. The molecule has 1 aliphatic rings. The maximum Gasteiger partial charge on any atom is 0.325 e. The Hall–Kier alpha value is -3.00. The largest absolute Gasteiger partial charge is 0.325 e. The summed E-state index contributed by atoms with van der Waals surface area (Å²) >= 11 is 6.05. The standard InChI is InChI=1S/C19H16ClF2N3O3/c1-10-3-6-15(13(20)7-10)23-16(26)9-25-17(27)19(2,24-18(25)28)12-8-11(21)4-5-14(12)22/h3-8H,9H2,1-2H3,(H,23,26)(H,24,28). The molecule has 2 N–H and O–H groups in total. The summed E-state index contributed by atoms with van der Waals surface area (Å²) in [5.74, 6) is -3.15. The summed E-state index contributed by atoms with van der Waals surface area (Å²) in [6.45, 7) is 2.47. The summed E-state index contributed by atoms with van der Waals surface area (Å²) in [4.78, 5) is 37.9. The number of nitrogens with zero attached hydrogens (tertiary/aromatic N) is 1. The van der Waals surface area contributed by atoms with Crippen molar-refractivity contribution in [2.75, 3.05) is 11.9 Å². The molecule has 1 fully saturated rings. The highest BCUT2D eigenvalue weighted by Gasteiger charge is 2.50. The van der Waals surface area contributed by atoms with Crippen molar-refractivity contribution < 1.29 is 23.2 Å². The number of hydrogen-bond donors (Lipinski definition) is 2. The average Bonchev–Trinajstić information content (AvgIpc) is 2.83. The van der Waals surface area contributed by atoms with E-state index in [-0.39, 0.29) is 5.56 Å². The van der Waals surface area contributed by atoms with Crippen LogP contribution in [0.2, 0.25) is 5.02 Å². The zero-order valence-electron chi connectivity index (χ0n) is 15.0. The number of halogens is 3. The number of rotatable bonds is 4. The second kappa shape index (κ2) is 7.20. The predicted octanol–water partition coefficient (Wildman–Crippen LogP) is 3.33. The van der Waals surface area contributed by atoms with Crippen LogP contribution in [0.5, 0.6) is 0 Å². The van der Waals surface area contributed by atoms with Gasteiger partial charge in [-0.05, 0) is 49.7 Å². The van der Waals surface area contributed by atoms with Crippen molar-refractivity contribution >= 4 is 35.1 Å². The van der Waals surface area contributed by atoms with Crippen LogP contribution in [0.4, 0.5) is 19.3 Å². The van der Waals surface area contributed by atoms with Crippen molar-refractivity contribution in [3.8, 4) is 0 Å². The van der Waals surface area contributed by atoms with E-state index in [1.165, 1.54) is 6.92 Å². The molecule has 0 bridgehead atoms. The molecule has 1 unspecified atom stereocenters. The lowest BCUT2D eigenvalue weighted by Gasteiger charge is -2.22. The van der Waals surface area contributed by atoms with E-state index < -0.39 is 41.6 Å². The van der Waals surface area contributed by atoms with E-state index in [0.29, 0.717) is 15.6 Å². The number of imide groups is 1. The smallest absolute Gasteiger partial charge is 0.323 e. The molecule has 4 amide bonds. The van der Waals surface area contributed by atoms with Gasteiger partial charge in [0.2, 0.25) is 5.91 Å². The fraction of sp³-hybridized carbons (Fsp3) is 0.211. The van der Waals surface area contributed by atoms with E-state index in [2.05, 4.69) is 10.6 Å². The predicted molar refractivity (Wildman–Crippen MR) is 98.8 cm³/mol. The summed E-state index contributed by atoms with van der Waals surface area (Å²) in [7, 11) is 0. The number of urea groups is 1. The molecule has 0 aromatic heterocycles. The van der Waals surface area contributed by atoms with Crippen LogP contribution in [-0.2, 0) is 15.1 Å². The first-order valence-corrected chi connectivity index (χ1v) is 8.65. The molecule has 0 aliphatic carbocycles. The number of benzene rings is 2. The van der Waals surface area contributed by atoms with Gasteiger partial charge >= 0.3 is 6.03 Å². The second-order valence-electron chi connectivity index (χ2n) is 6.60. The lowest BCUT2D eigenvalue weighted by Crippen LogP contribution is -2.42. The van der Waals surface area contributed by atoms with Gasteiger partial charge in [-0.3, -0.25) is 14.5 Å². The first kappa shape index (κ1) is 19.8. The first-order valence-electron chi connectivity index (χ1n) is 8.27. The molecule has 1 aliphatic heterocycles. The topological polar surface area (TPSA) is 78.5 Å². The average molecular weight is 408 g/mol. The Morgan fingerprint density at radius 3 is 2.61 bits per heavy atom. The molecule has 2 aromatic carbocycles. The Balaban J connectivity index is 1.80. The molecule has 0 spiro atoms. The van der Waals surface area contributed by atoms with Gasteiger partial charge < -0.3 is 10.6 Å². The third-order valence-corrected chi connectivity index (χ3v) is 4.76. The van der Waals surface area contributed by atoms with Gasteiger partial charge in [0.15, 0.2) is 0 Å². The Morgan fingerprint density at radius 2 is 1.93 bits per heavy atom. The number of hydrogen-bond acceptors (Lipinski definition) is 3. The molecular formula is C19H16ClF2N3O3. The fourth-order valence-corrected chi connectivity index (χ4v) is 3.24. The van der Waals surface area contributed by atoms with Gasteiger partial charge in [-0.2, -0.15) is 0 Å². The number of aryl methyl sites for hydroxylation is 1. The Morgan fingerprint density at radius 1 is 1.21 bits per heavy atom. The van der Waals surface area contributed by atoms with Gasteiger partial charge in [-0.25, -0.2) is 13.6 Å². The van der Waals surface area contributed by atoms with Crippen LogP contribution in [-0.4, -0.2) is 29.3 Å². The molecule has 1 heterocycles. The lowest BCUT2D eigenvalue weighted by atomic mass is 9.91. The molecule has 1 saturated heterocycles. The summed E-state index contributed by atoms with van der Waals surface area (Å²) in [6, 6.07) is 6.69. The van der Waals surface area contributed by atoms with Gasteiger partial charge in [-0.15, -0.1) is 0 Å². The van der Waals surface area contributed by atoms with E-state index in [0.717, 1.165) is 23.8 Å². The highest BCUT2D eigenvalue weighted by atomic mass is 35.5. The van der Waals surface area contributed by atoms with Crippen LogP contribution >= 0.6 is 11.6 Å². The van der Waals surface area contributed by atoms with Crippen molar-refractivity contribution in [3.05, 3.63) is 64.2 Å². The molecule has 3 rings (SSSR count). The summed E-state index contributed by atoms with van der Waals surface area (Å²) in [6.07, 6.45) is 0. The third kappa shape index (κ3) is 3.55. The number of carbonyl (C=O) groups is 3. The minimum Gasteiger partial charge on any atom is -0.323 e. The molecule has 146 valence electrons. The van der Waals surface area contributed by atoms with Crippen molar-refractivity contribution in [3.63, 3.8) is 0 Å². The minimum atomic E-state index is -1.83. The van der Waals surface area contributed by atoms with Gasteiger partial charge in [0.25, 0.3) is 5.91 Å². The Bertz CT molecular complexity index is 998. The molecular weight excluding hydrogens is 392 g/mol. The van der Waals surface area contributed by atoms with E-state index in [9.17, 15) is 23.2 Å². The SMILES string of the molecule is Cc1ccc(NC(=O)CN2C(=O)NC(C)(c3cc(F)ccc3F)C2=O)c(Cl)c1. The van der Waals surface area contributed by atoms with Gasteiger partial charge in [0.1, 0.15) is 23.7 Å². The molecule has 2 aromatic rings. The lowest BCUT2D eigenvalue weighted by molar-refractivity contribution is -0.133. The van der Waals surface area contributed by atoms with E-state index in [1.54, 1.807) is 18.2 Å². The van der Waals surface area contributed by atoms with Crippen molar-refractivity contribution in [2.24, 2.45) is 0 Å². The molecule has 6 nitrogen and oxygen atoms in total. The van der Waals surface area contributed by atoms with Crippen LogP contribution in [0.15, 0.2) is 36.4 Å². The molecule has 1 atom stereocenters. The molecule has 0 radical (unpaired) electrons. The van der Waals surface area contributed by atoms with E-state index in [4.69, 9.17) is 11.6 Å². The minimum absolute atomic E-state index is 0.303. The zero-order chi connectivity index (χ0) is 20.6. The monoisotopic (exact) mass is 407 g/mol. The second-order valence-corrected chi connectivity index (χ2v) is 7.01. The fourth-order valence-electron chi connectivity index (χ4n) is 2.96. The van der Waals surface area contributed by atoms with Gasteiger partial charge in [0, 0.05) is 5.56 Å². The summed E-state index contributed by atoms with van der Waals surface area (Å²) in [5, 5.41) is 5.14. The number of nitrogens with one attached hydrogen (secondary N) is 2. The molecule has 9 heteroatoms. The van der Waals surface area contributed by atoms with E-state index in [1.807, 2.05) is 6.92 Å². The Labute approximate surface area is 164 Å². The number of carbonyl (C=O) groups excluding carboxylic acids is 3.